The van der Waals surface area contributed by atoms with E-state index < -0.39 is 11.1 Å². The summed E-state index contributed by atoms with van der Waals surface area (Å²) in [6.45, 7) is 1.75. The van der Waals surface area contributed by atoms with Crippen molar-refractivity contribution in [3.8, 4) is 17.2 Å². The summed E-state index contributed by atoms with van der Waals surface area (Å²) < 4.78 is 24.3. The molecule has 2 aromatic carbocycles. The van der Waals surface area contributed by atoms with Crippen molar-refractivity contribution in [2.75, 3.05) is 7.11 Å². The lowest BCUT2D eigenvalue weighted by molar-refractivity contribution is 0.0993. The van der Waals surface area contributed by atoms with E-state index in [1.165, 1.54) is 6.07 Å². The Morgan fingerprint density at radius 3 is 2.56 bits per heavy atom. The number of thioether (sulfide) groups is 1. The van der Waals surface area contributed by atoms with Crippen molar-refractivity contribution in [1.29, 1.82) is 0 Å². The molecule has 3 rings (SSSR count). The van der Waals surface area contributed by atoms with E-state index >= 15 is 0 Å². The van der Waals surface area contributed by atoms with Crippen molar-refractivity contribution >= 4 is 17.5 Å². The Kier molecular flexibility index (Phi) is 5.14. The number of aromatic nitrogens is 2. The van der Waals surface area contributed by atoms with E-state index in [9.17, 15) is 9.18 Å². The number of carbonyl (C=O) groups excluding carboxylic acids is 1. The molecule has 3 aromatic rings. The van der Waals surface area contributed by atoms with E-state index in [1.54, 1.807) is 56.5 Å². The Labute approximate surface area is 148 Å². The van der Waals surface area contributed by atoms with Gasteiger partial charge in [0.15, 0.2) is 5.78 Å². The fourth-order valence-electron chi connectivity index (χ4n) is 2.20. The number of ketones is 1. The topological polar surface area (TPSA) is 65.2 Å². The van der Waals surface area contributed by atoms with Crippen LogP contribution in [0.25, 0.3) is 11.5 Å². The van der Waals surface area contributed by atoms with E-state index in [-0.39, 0.29) is 22.5 Å². The van der Waals surface area contributed by atoms with Gasteiger partial charge in [0.1, 0.15) is 11.6 Å². The van der Waals surface area contributed by atoms with Gasteiger partial charge in [0, 0.05) is 5.56 Å². The monoisotopic (exact) mass is 358 g/mol. The van der Waals surface area contributed by atoms with Crippen LogP contribution >= 0.6 is 11.8 Å². The highest BCUT2D eigenvalue weighted by Gasteiger charge is 2.20. The molecule has 0 saturated heterocycles. The zero-order valence-electron chi connectivity index (χ0n) is 13.6. The number of rotatable bonds is 6. The van der Waals surface area contributed by atoms with Crippen LogP contribution in [-0.4, -0.2) is 28.3 Å². The maximum absolute atomic E-state index is 13.8. The number of hydrogen-bond donors (Lipinski definition) is 0. The minimum absolute atomic E-state index is 0.0710. The molecule has 0 bridgehead atoms. The van der Waals surface area contributed by atoms with Crippen molar-refractivity contribution in [2.24, 2.45) is 0 Å². The third-order valence-corrected chi connectivity index (χ3v) is 4.47. The zero-order chi connectivity index (χ0) is 17.8. The molecule has 0 spiro atoms. The minimum Gasteiger partial charge on any atom is -0.497 e. The number of carbonyl (C=O) groups is 1. The molecule has 1 aromatic heterocycles. The molecule has 1 atom stereocenters. The standard InChI is InChI=1S/C18H15FN2O3S/c1-11(16(22)12-7-9-13(23-2)10-8-12)25-18-21-20-17(24-18)14-5-3-4-6-15(14)19/h3-11H,1-2H3/t11-/m1/s1. The molecule has 25 heavy (non-hydrogen) atoms. The number of benzene rings is 2. The number of halogens is 1. The fraction of sp³-hybridized carbons (Fsp3) is 0.167. The molecule has 0 aliphatic carbocycles. The van der Waals surface area contributed by atoms with Gasteiger partial charge in [0.2, 0.25) is 0 Å². The van der Waals surface area contributed by atoms with E-state index in [0.29, 0.717) is 11.3 Å². The molecule has 0 unspecified atom stereocenters. The molecule has 0 N–H and O–H groups in total. The smallest absolute Gasteiger partial charge is 0.277 e. The summed E-state index contributed by atoms with van der Waals surface area (Å²) in [6.07, 6.45) is 0. The molecule has 0 amide bonds. The van der Waals surface area contributed by atoms with Crippen LogP contribution in [-0.2, 0) is 0 Å². The lowest BCUT2D eigenvalue weighted by atomic mass is 10.1. The minimum atomic E-state index is -0.440. The second-order valence-corrected chi connectivity index (χ2v) is 6.50. The maximum Gasteiger partial charge on any atom is 0.277 e. The SMILES string of the molecule is COc1ccc(C(=O)[C@@H](C)Sc2nnc(-c3ccccc3F)o2)cc1. The molecule has 0 fully saturated rings. The van der Waals surface area contributed by atoms with Crippen molar-refractivity contribution in [1.82, 2.24) is 10.2 Å². The summed E-state index contributed by atoms with van der Waals surface area (Å²) in [5.74, 6) is 0.260. The molecular weight excluding hydrogens is 343 g/mol. The van der Waals surface area contributed by atoms with Crippen LogP contribution in [0.15, 0.2) is 58.2 Å². The second-order valence-electron chi connectivity index (χ2n) is 5.21. The number of ether oxygens (including phenoxy) is 1. The average Bonchev–Trinajstić information content (AvgIpc) is 3.09. The third kappa shape index (κ3) is 3.88. The predicted octanol–water partition coefficient (Wildman–Crippen LogP) is 4.25. The van der Waals surface area contributed by atoms with Crippen molar-refractivity contribution in [2.45, 2.75) is 17.4 Å². The zero-order valence-corrected chi connectivity index (χ0v) is 14.4. The molecule has 128 valence electrons. The number of methoxy groups -OCH3 is 1. The van der Waals surface area contributed by atoms with Gasteiger partial charge < -0.3 is 9.15 Å². The summed E-state index contributed by atoms with van der Waals surface area (Å²) in [6, 6.07) is 13.0. The Bertz CT molecular complexity index is 880. The Morgan fingerprint density at radius 2 is 1.88 bits per heavy atom. The first-order chi connectivity index (χ1) is 12.1. The van der Waals surface area contributed by atoms with Gasteiger partial charge in [-0.15, -0.1) is 10.2 Å². The summed E-state index contributed by atoms with van der Waals surface area (Å²) in [5, 5.41) is 7.52. The van der Waals surface area contributed by atoms with Crippen LogP contribution in [0.2, 0.25) is 0 Å². The molecule has 7 heteroatoms. The van der Waals surface area contributed by atoms with E-state index in [1.807, 2.05) is 0 Å². The van der Waals surface area contributed by atoms with Gasteiger partial charge in [0.05, 0.1) is 17.9 Å². The van der Waals surface area contributed by atoms with Crippen LogP contribution in [0, 0.1) is 5.82 Å². The van der Waals surface area contributed by atoms with Crippen LogP contribution in [0.1, 0.15) is 17.3 Å². The van der Waals surface area contributed by atoms with Gasteiger partial charge in [-0.1, -0.05) is 23.9 Å². The van der Waals surface area contributed by atoms with Gasteiger partial charge in [-0.3, -0.25) is 4.79 Å². The van der Waals surface area contributed by atoms with Gasteiger partial charge >= 0.3 is 0 Å². The molecule has 0 aliphatic rings. The number of nitrogens with zero attached hydrogens (tertiary/aromatic N) is 2. The van der Waals surface area contributed by atoms with Gasteiger partial charge in [-0.05, 0) is 43.3 Å². The van der Waals surface area contributed by atoms with Crippen molar-refractivity contribution < 1.29 is 18.3 Å². The lowest BCUT2D eigenvalue weighted by Gasteiger charge is -2.08. The molecule has 0 saturated carbocycles. The predicted molar refractivity (Wildman–Crippen MR) is 92.3 cm³/mol. The summed E-state index contributed by atoms with van der Waals surface area (Å²) in [4.78, 5) is 12.5. The van der Waals surface area contributed by atoms with Crippen LogP contribution in [0.5, 0.6) is 5.75 Å². The fourth-order valence-corrected chi connectivity index (χ4v) is 2.96. The second kappa shape index (κ2) is 7.48. The molecule has 0 radical (unpaired) electrons. The van der Waals surface area contributed by atoms with Crippen LogP contribution in [0.4, 0.5) is 4.39 Å². The quantitative estimate of drug-likeness (QED) is 0.485. The lowest BCUT2D eigenvalue weighted by Crippen LogP contribution is -2.13. The first-order valence-electron chi connectivity index (χ1n) is 7.52. The van der Waals surface area contributed by atoms with Crippen LogP contribution in [0.3, 0.4) is 0 Å². The maximum atomic E-state index is 13.8. The van der Waals surface area contributed by atoms with Gasteiger partial charge in [-0.25, -0.2) is 4.39 Å². The molecule has 1 heterocycles. The van der Waals surface area contributed by atoms with Gasteiger partial charge in [-0.2, -0.15) is 0 Å². The highest BCUT2D eigenvalue weighted by molar-refractivity contribution is 8.00. The Hall–Kier alpha value is -2.67. The Balaban J connectivity index is 1.71. The largest absolute Gasteiger partial charge is 0.497 e. The number of Topliss-reactive ketones (excluding diaryl/α,β-unsaturated/α-hetero) is 1. The normalized spacial score (nSPS) is 12.0. The van der Waals surface area contributed by atoms with E-state index in [0.717, 1.165) is 11.8 Å². The van der Waals surface area contributed by atoms with Crippen molar-refractivity contribution in [3.63, 3.8) is 0 Å². The molecule has 5 nitrogen and oxygen atoms in total. The Morgan fingerprint density at radius 1 is 1.16 bits per heavy atom. The summed E-state index contributed by atoms with van der Waals surface area (Å²) >= 11 is 1.13. The van der Waals surface area contributed by atoms with E-state index in [4.69, 9.17) is 9.15 Å². The summed E-state index contributed by atoms with van der Waals surface area (Å²) in [5.41, 5.74) is 0.797. The average molecular weight is 358 g/mol. The molecule has 0 aliphatic heterocycles. The first-order valence-corrected chi connectivity index (χ1v) is 8.40. The first kappa shape index (κ1) is 17.2. The van der Waals surface area contributed by atoms with Gasteiger partial charge in [0.25, 0.3) is 11.1 Å². The van der Waals surface area contributed by atoms with Crippen molar-refractivity contribution in [3.05, 3.63) is 59.9 Å². The molecular formula is C18H15FN2O3S. The highest BCUT2D eigenvalue weighted by Crippen LogP contribution is 2.29. The third-order valence-electron chi connectivity index (χ3n) is 3.53. The summed E-state index contributed by atoms with van der Waals surface area (Å²) in [7, 11) is 1.57. The number of hydrogen-bond acceptors (Lipinski definition) is 6. The highest BCUT2D eigenvalue weighted by atomic mass is 32.2. The van der Waals surface area contributed by atoms with Crippen LogP contribution < -0.4 is 4.74 Å². The van der Waals surface area contributed by atoms with E-state index in [2.05, 4.69) is 10.2 Å².